The second-order valence-electron chi connectivity index (χ2n) is 8.61. The number of rotatable bonds is 4. The van der Waals surface area contributed by atoms with Crippen molar-refractivity contribution in [2.24, 2.45) is 11.8 Å². The van der Waals surface area contributed by atoms with Crippen LogP contribution >= 0.6 is 0 Å². The SMILES string of the molecule is C[C@@H]1OC(=O)[C@@H]([NH3+])CCC[C@H](OC(=O)C2CCCC2)[C@H]1OC(=O)C1CCCC1.[Cl-]. The second-order valence-corrected chi connectivity index (χ2v) is 8.61. The molecular formula is C21H34ClNO6. The van der Waals surface area contributed by atoms with Crippen LogP contribution in [0, 0.1) is 11.8 Å². The Bertz CT molecular complexity index is 574. The molecule has 2 saturated carbocycles. The van der Waals surface area contributed by atoms with Gasteiger partial charge in [0, 0.05) is 6.42 Å². The number of hydrogen-bond donors (Lipinski definition) is 1. The number of quaternary nitrogens is 1. The Morgan fingerprint density at radius 3 is 1.93 bits per heavy atom. The average molecular weight is 432 g/mol. The maximum Gasteiger partial charge on any atom is 0.365 e. The molecule has 0 aromatic carbocycles. The molecular weight excluding hydrogens is 398 g/mol. The molecule has 8 heteroatoms. The van der Waals surface area contributed by atoms with E-state index in [2.05, 4.69) is 5.73 Å². The Balaban J connectivity index is 0.00000300. The van der Waals surface area contributed by atoms with Crippen molar-refractivity contribution in [3.8, 4) is 0 Å². The van der Waals surface area contributed by atoms with Crippen LogP contribution in [0.4, 0.5) is 0 Å². The summed E-state index contributed by atoms with van der Waals surface area (Å²) in [6.07, 6.45) is 7.21. The first-order valence-electron chi connectivity index (χ1n) is 10.9. The second kappa shape index (κ2) is 11.2. The highest BCUT2D eigenvalue weighted by Crippen LogP contribution is 2.30. The zero-order chi connectivity index (χ0) is 20.1. The van der Waals surface area contributed by atoms with E-state index in [1.165, 1.54) is 0 Å². The lowest BCUT2D eigenvalue weighted by molar-refractivity contribution is -0.410. The summed E-state index contributed by atoms with van der Waals surface area (Å²) in [6.45, 7) is 1.71. The fourth-order valence-corrected chi connectivity index (χ4v) is 4.59. The van der Waals surface area contributed by atoms with Crippen LogP contribution in [0.15, 0.2) is 0 Å². The fourth-order valence-electron chi connectivity index (χ4n) is 4.59. The largest absolute Gasteiger partial charge is 1.00 e. The number of cyclic esters (lactones) is 1. The van der Waals surface area contributed by atoms with Gasteiger partial charge in [0.1, 0.15) is 12.2 Å². The van der Waals surface area contributed by atoms with Gasteiger partial charge in [-0.1, -0.05) is 25.7 Å². The lowest BCUT2D eigenvalue weighted by Crippen LogP contribution is -3.00. The zero-order valence-corrected chi connectivity index (χ0v) is 18.0. The normalized spacial score (nSPS) is 31.7. The topological polar surface area (TPSA) is 107 Å². The maximum atomic E-state index is 12.7. The van der Waals surface area contributed by atoms with Gasteiger partial charge >= 0.3 is 17.9 Å². The molecule has 0 spiro atoms. The van der Waals surface area contributed by atoms with E-state index in [0.717, 1.165) is 51.4 Å². The Morgan fingerprint density at radius 1 is 0.862 bits per heavy atom. The van der Waals surface area contributed by atoms with Gasteiger partial charge in [-0.3, -0.25) is 9.59 Å². The molecule has 1 saturated heterocycles. The molecule has 0 aromatic rings. The summed E-state index contributed by atoms with van der Waals surface area (Å²) in [5.74, 6) is -1.05. The van der Waals surface area contributed by atoms with Gasteiger partial charge in [-0.15, -0.1) is 0 Å². The van der Waals surface area contributed by atoms with Crippen LogP contribution in [-0.2, 0) is 28.6 Å². The Morgan fingerprint density at radius 2 is 1.38 bits per heavy atom. The lowest BCUT2D eigenvalue weighted by atomic mass is 10.0. The Hall–Kier alpha value is -1.34. The minimum Gasteiger partial charge on any atom is -1.00 e. The van der Waals surface area contributed by atoms with Gasteiger partial charge in [-0.05, 0) is 45.4 Å². The minimum atomic E-state index is -0.771. The summed E-state index contributed by atoms with van der Waals surface area (Å²) in [5.41, 5.74) is 3.86. The van der Waals surface area contributed by atoms with E-state index in [1.807, 2.05) is 0 Å². The van der Waals surface area contributed by atoms with E-state index < -0.39 is 30.3 Å². The molecule has 1 heterocycles. The monoisotopic (exact) mass is 431 g/mol. The highest BCUT2D eigenvalue weighted by molar-refractivity contribution is 5.75. The van der Waals surface area contributed by atoms with Crippen molar-refractivity contribution in [1.29, 1.82) is 0 Å². The van der Waals surface area contributed by atoms with Crippen LogP contribution < -0.4 is 18.1 Å². The predicted octanol–water partition coefficient (Wildman–Crippen LogP) is -1.08. The molecule has 3 N–H and O–H groups in total. The third-order valence-electron chi connectivity index (χ3n) is 6.40. The van der Waals surface area contributed by atoms with Crippen molar-refractivity contribution in [3.63, 3.8) is 0 Å². The fraction of sp³-hybridized carbons (Fsp3) is 0.857. The third-order valence-corrected chi connectivity index (χ3v) is 6.40. The van der Waals surface area contributed by atoms with Gasteiger partial charge in [-0.2, -0.15) is 0 Å². The minimum absolute atomic E-state index is 0. The highest BCUT2D eigenvalue weighted by Gasteiger charge is 2.40. The molecule has 0 radical (unpaired) electrons. The number of halogens is 1. The predicted molar refractivity (Wildman–Crippen MR) is 99.8 cm³/mol. The van der Waals surface area contributed by atoms with Crippen molar-refractivity contribution < 1.29 is 46.7 Å². The molecule has 0 amide bonds. The third kappa shape index (κ3) is 6.32. The van der Waals surface area contributed by atoms with Crippen LogP contribution in [0.3, 0.4) is 0 Å². The summed E-state index contributed by atoms with van der Waals surface area (Å²) >= 11 is 0. The quantitative estimate of drug-likeness (QED) is 0.448. The first-order chi connectivity index (χ1) is 13.5. The molecule has 29 heavy (non-hydrogen) atoms. The Labute approximate surface area is 178 Å². The van der Waals surface area contributed by atoms with Crippen LogP contribution in [0.25, 0.3) is 0 Å². The van der Waals surface area contributed by atoms with E-state index >= 15 is 0 Å². The van der Waals surface area contributed by atoms with Gasteiger partial charge in [-0.25, -0.2) is 4.79 Å². The molecule has 2 aliphatic carbocycles. The first-order valence-corrected chi connectivity index (χ1v) is 10.9. The maximum absolute atomic E-state index is 12.7. The molecule has 166 valence electrons. The van der Waals surface area contributed by atoms with Crippen LogP contribution in [0.1, 0.15) is 77.6 Å². The van der Waals surface area contributed by atoms with Crippen molar-refractivity contribution in [1.82, 2.24) is 0 Å². The molecule has 7 nitrogen and oxygen atoms in total. The summed E-state index contributed by atoms with van der Waals surface area (Å²) in [5, 5.41) is 0. The van der Waals surface area contributed by atoms with Gasteiger partial charge < -0.3 is 32.4 Å². The molecule has 1 aliphatic heterocycles. The lowest BCUT2D eigenvalue weighted by Gasteiger charge is -2.31. The number of carbonyl (C=O) groups excluding carboxylic acids is 3. The van der Waals surface area contributed by atoms with Crippen molar-refractivity contribution in [2.45, 2.75) is 102 Å². The average Bonchev–Trinajstić information content (AvgIpc) is 3.38. The van der Waals surface area contributed by atoms with Gasteiger partial charge in [0.05, 0.1) is 11.8 Å². The van der Waals surface area contributed by atoms with Gasteiger partial charge in [0.15, 0.2) is 12.1 Å². The van der Waals surface area contributed by atoms with Gasteiger partial charge in [0.25, 0.3) is 0 Å². The van der Waals surface area contributed by atoms with E-state index in [-0.39, 0.29) is 36.2 Å². The molecule has 0 unspecified atom stereocenters. The van der Waals surface area contributed by atoms with Crippen molar-refractivity contribution >= 4 is 17.9 Å². The summed E-state index contributed by atoms with van der Waals surface area (Å²) < 4.78 is 17.2. The van der Waals surface area contributed by atoms with Gasteiger partial charge in [0.2, 0.25) is 0 Å². The van der Waals surface area contributed by atoms with E-state index in [9.17, 15) is 14.4 Å². The smallest absolute Gasteiger partial charge is 0.365 e. The molecule has 4 atom stereocenters. The van der Waals surface area contributed by atoms with E-state index in [4.69, 9.17) is 14.2 Å². The van der Waals surface area contributed by atoms with E-state index in [0.29, 0.717) is 19.3 Å². The van der Waals surface area contributed by atoms with Crippen LogP contribution in [0.5, 0.6) is 0 Å². The molecule has 0 aromatic heterocycles. The summed E-state index contributed by atoms with van der Waals surface area (Å²) in [7, 11) is 0. The number of carbonyl (C=O) groups is 3. The molecule has 3 aliphatic rings. The van der Waals surface area contributed by atoms with Crippen molar-refractivity contribution in [2.75, 3.05) is 0 Å². The number of esters is 3. The van der Waals surface area contributed by atoms with Crippen LogP contribution in [-0.4, -0.2) is 42.3 Å². The first kappa shape index (κ1) is 23.9. The summed E-state index contributed by atoms with van der Waals surface area (Å²) in [4.78, 5) is 37.5. The summed E-state index contributed by atoms with van der Waals surface area (Å²) in [6, 6.07) is -0.460. The van der Waals surface area contributed by atoms with E-state index in [1.54, 1.807) is 6.92 Å². The zero-order valence-electron chi connectivity index (χ0n) is 17.3. The van der Waals surface area contributed by atoms with Crippen molar-refractivity contribution in [3.05, 3.63) is 0 Å². The molecule has 3 rings (SSSR count). The highest BCUT2D eigenvalue weighted by atomic mass is 35.5. The Kier molecular flexibility index (Phi) is 9.21. The molecule has 3 fully saturated rings. The number of ether oxygens (including phenoxy) is 3. The van der Waals surface area contributed by atoms with Crippen LogP contribution in [0.2, 0.25) is 0 Å². The number of hydrogen-bond acceptors (Lipinski definition) is 6. The standard InChI is InChI=1S/C21H33NO6.ClH/c1-13-18(28-20(24)15-9-4-5-10-15)17(12-6-11-16(22)21(25)26-13)27-19(23)14-7-2-3-8-14;/h13-18H,2-12,22H2,1H3;1H/t13-,16-,17-,18-;/m0./s1. The molecule has 0 bridgehead atoms.